The molecule has 1 aromatic heterocycles. The molecule has 3 aromatic rings. The average Bonchev–Trinajstić information content (AvgIpc) is 3.07. The minimum atomic E-state index is 0.418. The molecule has 29 heavy (non-hydrogen) atoms. The molecule has 154 valence electrons. The van der Waals surface area contributed by atoms with Crippen molar-refractivity contribution in [1.82, 2.24) is 14.9 Å². The molecule has 1 heterocycles. The molecule has 6 nitrogen and oxygen atoms in total. The summed E-state index contributed by atoms with van der Waals surface area (Å²) in [6.45, 7) is 7.46. The summed E-state index contributed by atoms with van der Waals surface area (Å²) < 4.78 is 14.1. The topological polar surface area (TPSA) is 64.1 Å². The van der Waals surface area contributed by atoms with Crippen LogP contribution in [0.5, 0.6) is 11.5 Å². The van der Waals surface area contributed by atoms with E-state index in [4.69, 9.17) is 33.3 Å². The fourth-order valence-electron chi connectivity index (χ4n) is 2.87. The second-order valence-corrected chi connectivity index (χ2v) is 7.37. The fourth-order valence-corrected chi connectivity index (χ4v) is 3.37. The number of aromatic amines is 1. The van der Waals surface area contributed by atoms with Gasteiger partial charge in [-0.2, -0.15) is 5.10 Å². The number of aryl methyl sites for hydroxylation is 2. The summed E-state index contributed by atoms with van der Waals surface area (Å²) in [5.74, 6) is 2.01. The zero-order chi connectivity index (χ0) is 20.8. The van der Waals surface area contributed by atoms with Gasteiger partial charge in [-0.1, -0.05) is 48.4 Å². The van der Waals surface area contributed by atoms with E-state index in [9.17, 15) is 0 Å². The van der Waals surface area contributed by atoms with Gasteiger partial charge >= 0.3 is 0 Å². The second-order valence-electron chi connectivity index (χ2n) is 6.58. The fraction of sp³-hybridized carbons (Fsp3) is 0.333. The summed E-state index contributed by atoms with van der Waals surface area (Å²) >= 11 is 11.8. The van der Waals surface area contributed by atoms with Crippen LogP contribution in [0.15, 0.2) is 36.4 Å². The number of hydrogen-bond donors (Lipinski definition) is 2. The van der Waals surface area contributed by atoms with Gasteiger partial charge in [0.15, 0.2) is 17.3 Å². The highest BCUT2D eigenvalue weighted by molar-refractivity contribution is 7.71. The van der Waals surface area contributed by atoms with Crippen LogP contribution < -0.4 is 14.9 Å². The molecule has 0 atom stereocenters. The van der Waals surface area contributed by atoms with E-state index in [1.165, 1.54) is 5.56 Å². The molecule has 0 bridgehead atoms. The SMILES string of the molecule is CCOc1cc(CNn2c(CC)n[nH]c2=S)cc(Cl)c1OCc1ccc(C)cc1. The Hall–Kier alpha value is -2.51. The van der Waals surface area contributed by atoms with Gasteiger partial charge in [0.25, 0.3) is 0 Å². The molecule has 0 aliphatic carbocycles. The van der Waals surface area contributed by atoms with Gasteiger partial charge < -0.3 is 14.9 Å². The minimum Gasteiger partial charge on any atom is -0.490 e. The molecule has 0 amide bonds. The number of aromatic nitrogens is 3. The number of nitrogens with one attached hydrogen (secondary N) is 2. The Bertz CT molecular complexity index is 1010. The van der Waals surface area contributed by atoms with E-state index in [2.05, 4.69) is 34.7 Å². The van der Waals surface area contributed by atoms with E-state index in [-0.39, 0.29) is 0 Å². The third-order valence-electron chi connectivity index (χ3n) is 4.37. The molecule has 0 saturated carbocycles. The minimum absolute atomic E-state index is 0.418. The highest BCUT2D eigenvalue weighted by Gasteiger charge is 2.14. The first-order valence-electron chi connectivity index (χ1n) is 9.55. The summed E-state index contributed by atoms with van der Waals surface area (Å²) in [7, 11) is 0. The number of rotatable bonds is 9. The summed E-state index contributed by atoms with van der Waals surface area (Å²) in [6, 6.07) is 12.0. The lowest BCUT2D eigenvalue weighted by atomic mass is 10.1. The van der Waals surface area contributed by atoms with Crippen molar-refractivity contribution < 1.29 is 9.47 Å². The largest absolute Gasteiger partial charge is 0.490 e. The Balaban J connectivity index is 1.77. The highest BCUT2D eigenvalue weighted by atomic mass is 35.5. The Kier molecular flexibility index (Phi) is 7.17. The van der Waals surface area contributed by atoms with Crippen LogP contribution in [0, 0.1) is 11.7 Å². The van der Waals surface area contributed by atoms with E-state index in [0.29, 0.717) is 41.1 Å². The zero-order valence-electron chi connectivity index (χ0n) is 16.8. The van der Waals surface area contributed by atoms with Gasteiger partial charge in [0.05, 0.1) is 18.2 Å². The van der Waals surface area contributed by atoms with Crippen molar-refractivity contribution in [2.45, 2.75) is 40.3 Å². The first-order chi connectivity index (χ1) is 14.0. The van der Waals surface area contributed by atoms with Crippen molar-refractivity contribution in [2.24, 2.45) is 0 Å². The number of halogens is 1. The van der Waals surface area contributed by atoms with Crippen molar-refractivity contribution in [3.8, 4) is 11.5 Å². The summed E-state index contributed by atoms with van der Waals surface area (Å²) in [5, 5.41) is 7.50. The van der Waals surface area contributed by atoms with Crippen molar-refractivity contribution in [3.63, 3.8) is 0 Å². The molecule has 8 heteroatoms. The Labute approximate surface area is 180 Å². The van der Waals surface area contributed by atoms with E-state index in [1.807, 2.05) is 38.1 Å². The number of ether oxygens (including phenoxy) is 2. The molecule has 0 spiro atoms. The second kappa shape index (κ2) is 9.80. The maximum absolute atomic E-state index is 6.53. The molecule has 0 unspecified atom stereocenters. The van der Waals surface area contributed by atoms with Crippen molar-refractivity contribution in [3.05, 3.63) is 68.7 Å². The van der Waals surface area contributed by atoms with E-state index in [1.54, 1.807) is 4.68 Å². The predicted molar refractivity (Wildman–Crippen MR) is 118 cm³/mol. The van der Waals surface area contributed by atoms with E-state index < -0.39 is 0 Å². The monoisotopic (exact) mass is 432 g/mol. The number of hydrogen-bond acceptors (Lipinski definition) is 5. The molecule has 2 N–H and O–H groups in total. The molecule has 0 fully saturated rings. The summed E-state index contributed by atoms with van der Waals surface area (Å²) in [5.41, 5.74) is 6.50. The number of nitrogens with zero attached hydrogens (tertiary/aromatic N) is 2. The summed E-state index contributed by atoms with van der Waals surface area (Å²) in [6.07, 6.45) is 0.761. The van der Waals surface area contributed by atoms with Gasteiger partial charge in [-0.3, -0.25) is 5.10 Å². The lowest BCUT2D eigenvalue weighted by molar-refractivity contribution is 0.269. The predicted octanol–water partition coefficient (Wildman–Crippen LogP) is 5.19. The zero-order valence-corrected chi connectivity index (χ0v) is 18.4. The maximum atomic E-state index is 6.53. The van der Waals surface area contributed by atoms with Crippen LogP contribution in [0.3, 0.4) is 0 Å². The molecular formula is C21H25ClN4O2S. The van der Waals surface area contributed by atoms with Crippen molar-refractivity contribution in [1.29, 1.82) is 0 Å². The maximum Gasteiger partial charge on any atom is 0.214 e. The number of H-pyrrole nitrogens is 1. The van der Waals surface area contributed by atoms with E-state index in [0.717, 1.165) is 23.4 Å². The first-order valence-corrected chi connectivity index (χ1v) is 10.3. The van der Waals surface area contributed by atoms with Gasteiger partial charge in [-0.15, -0.1) is 0 Å². The van der Waals surface area contributed by atoms with Gasteiger partial charge in [0, 0.05) is 6.42 Å². The van der Waals surface area contributed by atoms with Gasteiger partial charge in [0.2, 0.25) is 4.77 Å². The van der Waals surface area contributed by atoms with Crippen LogP contribution in [0.4, 0.5) is 0 Å². The lowest BCUT2D eigenvalue weighted by Crippen LogP contribution is -2.17. The highest BCUT2D eigenvalue weighted by Crippen LogP contribution is 2.37. The Morgan fingerprint density at radius 3 is 2.59 bits per heavy atom. The van der Waals surface area contributed by atoms with E-state index >= 15 is 0 Å². The van der Waals surface area contributed by atoms with Crippen LogP contribution >= 0.6 is 23.8 Å². The normalized spacial score (nSPS) is 10.8. The molecule has 3 rings (SSSR count). The molecule has 0 aliphatic rings. The first kappa shape index (κ1) is 21.2. The van der Waals surface area contributed by atoms with Crippen LogP contribution in [0.25, 0.3) is 0 Å². The van der Waals surface area contributed by atoms with Crippen LogP contribution in [-0.4, -0.2) is 21.5 Å². The van der Waals surface area contributed by atoms with Crippen LogP contribution in [-0.2, 0) is 19.6 Å². The third kappa shape index (κ3) is 5.31. The molecule has 0 aliphatic heterocycles. The smallest absolute Gasteiger partial charge is 0.214 e. The molecule has 0 saturated heterocycles. The van der Waals surface area contributed by atoms with Gasteiger partial charge in [-0.25, -0.2) is 4.68 Å². The standard InChI is InChI=1S/C21H25ClN4O2S/c1-4-19-24-25-21(29)26(19)23-12-16-10-17(22)20(18(11-16)27-5-2)28-13-15-8-6-14(3)7-9-15/h6-11,23H,4-5,12-13H2,1-3H3,(H,25,29). The molecule has 0 radical (unpaired) electrons. The van der Waals surface area contributed by atoms with Crippen LogP contribution in [0.2, 0.25) is 5.02 Å². The van der Waals surface area contributed by atoms with Gasteiger partial charge in [0.1, 0.15) is 6.61 Å². The lowest BCUT2D eigenvalue weighted by Gasteiger charge is -2.16. The molecular weight excluding hydrogens is 408 g/mol. The van der Waals surface area contributed by atoms with Gasteiger partial charge in [-0.05, 0) is 49.3 Å². The summed E-state index contributed by atoms with van der Waals surface area (Å²) in [4.78, 5) is 0. The Morgan fingerprint density at radius 1 is 1.14 bits per heavy atom. The van der Waals surface area contributed by atoms with Crippen LogP contribution in [0.1, 0.15) is 36.4 Å². The van der Waals surface area contributed by atoms with Crippen molar-refractivity contribution in [2.75, 3.05) is 12.0 Å². The number of benzene rings is 2. The third-order valence-corrected chi connectivity index (χ3v) is 4.93. The Morgan fingerprint density at radius 2 is 1.90 bits per heavy atom. The molecule has 2 aromatic carbocycles. The average molecular weight is 433 g/mol. The quantitative estimate of drug-likeness (QED) is 0.456. The van der Waals surface area contributed by atoms with Crippen molar-refractivity contribution >= 4 is 23.8 Å².